The van der Waals surface area contributed by atoms with Crippen molar-refractivity contribution in [3.8, 4) is 22.4 Å². The number of pyridine rings is 2. The van der Waals surface area contributed by atoms with Gasteiger partial charge in [0, 0.05) is 48.5 Å². The molecule has 0 saturated carbocycles. The van der Waals surface area contributed by atoms with Crippen LogP contribution < -0.4 is 21.7 Å². The van der Waals surface area contributed by atoms with Gasteiger partial charge in [-0.1, -0.05) is 58.5 Å². The van der Waals surface area contributed by atoms with Crippen LogP contribution in [0.15, 0.2) is 73.5 Å². The molecule has 0 bridgehead atoms. The Morgan fingerprint density at radius 1 is 0.797 bits per heavy atom. The molecule has 16 nitrogen and oxygen atoms in total. The van der Waals surface area contributed by atoms with E-state index in [-0.39, 0.29) is 35.7 Å². The van der Waals surface area contributed by atoms with Gasteiger partial charge in [0.1, 0.15) is 17.9 Å². The minimum Gasteiger partial charge on any atom is -0.453 e. The zero-order chi connectivity index (χ0) is 42.4. The molecule has 6 rings (SSSR count). The number of imidazole rings is 1. The minimum absolute atomic E-state index is 0.124. The number of hydrogen-bond donors (Lipinski definition) is 5. The SMILES string of the molecule is C=C(N/C=C(\N)c1ccc(-c2cnc3cc(-c4cnc([C@@H]5CCCN5C(=O)C(NC(=O)OC)C(C)C)[nH]4)cnc3c2)cc1)[C@@H]1CCCN1C(=O)[C@@H](NC(=O)OC)C(C)C. The molecule has 59 heavy (non-hydrogen) atoms. The number of rotatable bonds is 13. The van der Waals surface area contributed by atoms with Crippen molar-refractivity contribution < 1.29 is 28.7 Å². The van der Waals surface area contributed by atoms with Crippen molar-refractivity contribution >= 4 is 40.7 Å². The molecular formula is C43H54N10O6. The Morgan fingerprint density at radius 2 is 1.36 bits per heavy atom. The average molecular weight is 807 g/mol. The number of nitrogens with two attached hydrogens (primary N) is 1. The van der Waals surface area contributed by atoms with Crippen molar-refractivity contribution in [3.05, 3.63) is 84.9 Å². The number of carbonyl (C=O) groups is 4. The van der Waals surface area contributed by atoms with Crippen LogP contribution in [0.3, 0.4) is 0 Å². The van der Waals surface area contributed by atoms with E-state index < -0.39 is 24.3 Å². The highest BCUT2D eigenvalue weighted by atomic mass is 16.5. The van der Waals surface area contributed by atoms with E-state index in [4.69, 9.17) is 25.2 Å². The summed E-state index contributed by atoms with van der Waals surface area (Å²) < 4.78 is 9.48. The Balaban J connectivity index is 1.09. The quantitative estimate of drug-likeness (QED) is 0.115. The first-order valence-corrected chi connectivity index (χ1v) is 19.9. The standard InChI is InChI=1S/C43H54N10O6/c1-24(2)37(50-42(56)58-6)40(54)52-16-8-10-35(52)26(5)45-22-31(44)28-14-12-27(13-15-28)29-18-32-33(46-20-29)19-30(21-47-32)34-23-48-39(49-34)36-11-9-17-53(36)41(55)38(25(3)4)51-43(57)59-7/h12-15,18-25,35-38,45H,5,8-11,16-17,44H2,1-4,6-7H3,(H,48,49)(H,50,56)(H,51,57)/b31-22-/t35-,36-,37-,38?/m0/s1. The molecule has 2 fully saturated rings. The summed E-state index contributed by atoms with van der Waals surface area (Å²) >= 11 is 0. The Bertz CT molecular complexity index is 2220. The van der Waals surface area contributed by atoms with Crippen molar-refractivity contribution in [1.82, 2.24) is 45.7 Å². The average Bonchev–Trinajstić information content (AvgIpc) is 4.04. The third kappa shape index (κ3) is 9.48. The van der Waals surface area contributed by atoms with Crippen LogP contribution in [-0.4, -0.2) is 99.2 Å². The van der Waals surface area contributed by atoms with E-state index in [9.17, 15) is 19.2 Å². The third-order valence-corrected chi connectivity index (χ3v) is 11.0. The summed E-state index contributed by atoms with van der Waals surface area (Å²) in [5.74, 6) is 0.0830. The number of methoxy groups -OCH3 is 2. The fourth-order valence-corrected chi connectivity index (χ4v) is 7.63. The van der Waals surface area contributed by atoms with Gasteiger partial charge >= 0.3 is 12.2 Å². The van der Waals surface area contributed by atoms with Crippen molar-refractivity contribution in [2.75, 3.05) is 27.3 Å². The summed E-state index contributed by atoms with van der Waals surface area (Å²) in [4.78, 5) is 71.9. The minimum atomic E-state index is -0.713. The number of fused-ring (bicyclic) bond motifs is 1. The van der Waals surface area contributed by atoms with Crippen LogP contribution in [0.4, 0.5) is 9.59 Å². The number of ether oxygens (including phenoxy) is 2. The number of nitrogens with one attached hydrogen (secondary N) is 4. The van der Waals surface area contributed by atoms with Crippen LogP contribution in [0, 0.1) is 11.8 Å². The van der Waals surface area contributed by atoms with Gasteiger partial charge in [0.2, 0.25) is 11.8 Å². The fraction of sp³-hybridized carbons (Fsp3) is 0.419. The van der Waals surface area contributed by atoms with Crippen LogP contribution in [0.25, 0.3) is 39.1 Å². The first-order valence-electron chi connectivity index (χ1n) is 19.9. The summed E-state index contributed by atoms with van der Waals surface area (Å²) in [5, 5.41) is 8.55. The lowest BCUT2D eigenvalue weighted by Gasteiger charge is -2.31. The maximum Gasteiger partial charge on any atom is 0.407 e. The molecule has 1 aromatic carbocycles. The number of aromatic amines is 1. The van der Waals surface area contributed by atoms with Crippen molar-refractivity contribution in [1.29, 1.82) is 0 Å². The first kappa shape index (κ1) is 42.2. The summed E-state index contributed by atoms with van der Waals surface area (Å²) in [5.41, 5.74) is 13.2. The van der Waals surface area contributed by atoms with Crippen molar-refractivity contribution in [2.45, 2.75) is 77.5 Å². The van der Waals surface area contributed by atoms with Gasteiger partial charge in [-0.05, 0) is 60.8 Å². The predicted molar refractivity (Wildman–Crippen MR) is 224 cm³/mol. The van der Waals surface area contributed by atoms with Crippen LogP contribution in [0.5, 0.6) is 0 Å². The topological polar surface area (TPSA) is 210 Å². The number of amides is 4. The maximum atomic E-state index is 13.6. The molecule has 2 aliphatic heterocycles. The second-order valence-electron chi connectivity index (χ2n) is 15.6. The van der Waals surface area contributed by atoms with Crippen LogP contribution >= 0.6 is 0 Å². The number of nitrogens with zero attached hydrogens (tertiary/aromatic N) is 5. The molecule has 6 N–H and O–H groups in total. The number of likely N-dealkylation sites (tertiary alicyclic amines) is 2. The van der Waals surface area contributed by atoms with Gasteiger partial charge in [0.15, 0.2) is 0 Å². The van der Waals surface area contributed by atoms with Gasteiger partial charge in [-0.15, -0.1) is 0 Å². The fourth-order valence-electron chi connectivity index (χ4n) is 7.63. The lowest BCUT2D eigenvalue weighted by Crippen LogP contribution is -2.53. The predicted octanol–water partition coefficient (Wildman–Crippen LogP) is 5.46. The molecule has 2 aliphatic rings. The highest BCUT2D eigenvalue weighted by molar-refractivity contribution is 5.88. The molecule has 4 aromatic rings. The number of hydrogen-bond acceptors (Lipinski definition) is 11. The highest BCUT2D eigenvalue weighted by Crippen LogP contribution is 2.33. The normalized spacial score (nSPS) is 17.9. The number of carbonyl (C=O) groups excluding carboxylic acids is 4. The van der Waals surface area contributed by atoms with Crippen molar-refractivity contribution in [2.24, 2.45) is 17.6 Å². The second-order valence-corrected chi connectivity index (χ2v) is 15.6. The number of H-pyrrole nitrogens is 1. The first-order chi connectivity index (χ1) is 28.3. The zero-order valence-corrected chi connectivity index (χ0v) is 34.5. The summed E-state index contributed by atoms with van der Waals surface area (Å²) in [7, 11) is 2.55. The summed E-state index contributed by atoms with van der Waals surface area (Å²) in [6.45, 7) is 12.9. The lowest BCUT2D eigenvalue weighted by molar-refractivity contribution is -0.136. The Hall–Kier alpha value is -6.45. The van der Waals surface area contributed by atoms with Gasteiger partial charge in [-0.25, -0.2) is 14.6 Å². The second kappa shape index (κ2) is 18.4. The molecule has 312 valence electrons. The number of alkyl carbamates (subject to hydrolysis) is 2. The van der Waals surface area contributed by atoms with Crippen molar-refractivity contribution in [3.63, 3.8) is 0 Å². The summed E-state index contributed by atoms with van der Waals surface area (Å²) in [6.07, 6.45) is 8.85. The molecular weight excluding hydrogens is 753 g/mol. The van der Waals surface area contributed by atoms with E-state index >= 15 is 0 Å². The molecule has 0 aliphatic carbocycles. The van der Waals surface area contributed by atoms with Crippen LogP contribution in [0.1, 0.15) is 70.8 Å². The van der Waals surface area contributed by atoms with Gasteiger partial charge < -0.3 is 45.9 Å². The molecule has 1 unspecified atom stereocenters. The largest absolute Gasteiger partial charge is 0.453 e. The van der Waals surface area contributed by atoms with E-state index in [0.29, 0.717) is 35.8 Å². The number of aromatic nitrogens is 4. The third-order valence-electron chi connectivity index (χ3n) is 11.0. The van der Waals surface area contributed by atoms with Gasteiger partial charge in [-0.3, -0.25) is 19.6 Å². The molecule has 4 atom stereocenters. The molecule has 4 amide bonds. The number of benzene rings is 1. The Kier molecular flexibility index (Phi) is 13.2. The molecule has 0 spiro atoms. The van der Waals surface area contributed by atoms with E-state index in [0.717, 1.165) is 59.1 Å². The van der Waals surface area contributed by atoms with Gasteiger partial charge in [-0.2, -0.15) is 0 Å². The van der Waals surface area contributed by atoms with Gasteiger partial charge in [0.05, 0.1) is 54.9 Å². The van der Waals surface area contributed by atoms with Crippen LogP contribution in [-0.2, 0) is 19.1 Å². The van der Waals surface area contributed by atoms with E-state index in [1.807, 2.05) is 64.1 Å². The highest BCUT2D eigenvalue weighted by Gasteiger charge is 2.38. The van der Waals surface area contributed by atoms with E-state index in [2.05, 4.69) is 32.5 Å². The maximum absolute atomic E-state index is 13.6. The van der Waals surface area contributed by atoms with Gasteiger partial charge in [0.25, 0.3) is 0 Å². The Labute approximate surface area is 344 Å². The lowest BCUT2D eigenvalue weighted by atomic mass is 10.0. The molecule has 5 heterocycles. The smallest absolute Gasteiger partial charge is 0.407 e. The Morgan fingerprint density at radius 3 is 1.97 bits per heavy atom. The molecule has 16 heteroatoms. The van der Waals surface area contributed by atoms with E-state index in [1.54, 1.807) is 34.6 Å². The van der Waals surface area contributed by atoms with E-state index in [1.165, 1.54) is 14.2 Å². The molecule has 3 aromatic heterocycles. The molecule has 2 saturated heterocycles. The van der Waals surface area contributed by atoms with Crippen LogP contribution in [0.2, 0.25) is 0 Å². The molecule has 0 radical (unpaired) electrons. The summed E-state index contributed by atoms with van der Waals surface area (Å²) in [6, 6.07) is 9.81. The zero-order valence-electron chi connectivity index (χ0n) is 34.5. The monoisotopic (exact) mass is 806 g/mol.